The third kappa shape index (κ3) is 3.96. The first-order chi connectivity index (χ1) is 15.1. The molecule has 0 unspecified atom stereocenters. The van der Waals surface area contributed by atoms with Crippen molar-refractivity contribution in [1.82, 2.24) is 35.0 Å². The molecule has 0 atom stereocenters. The molecule has 2 aliphatic carbocycles. The van der Waals surface area contributed by atoms with Crippen LogP contribution < -0.4 is 16.0 Å². The van der Waals surface area contributed by atoms with E-state index in [4.69, 9.17) is 4.98 Å². The Labute approximate surface area is 179 Å². The number of hydrogen-bond acceptors (Lipinski definition) is 8. The smallest absolute Gasteiger partial charge is 0.271 e. The zero-order valence-electron chi connectivity index (χ0n) is 17.4. The van der Waals surface area contributed by atoms with Gasteiger partial charge in [-0.15, -0.1) is 0 Å². The van der Waals surface area contributed by atoms with Gasteiger partial charge >= 0.3 is 0 Å². The van der Waals surface area contributed by atoms with Crippen molar-refractivity contribution >= 4 is 28.7 Å². The molecular formula is C21H23N9O. The van der Waals surface area contributed by atoms with Crippen LogP contribution in [-0.4, -0.2) is 42.7 Å². The average molecular weight is 417 g/mol. The van der Waals surface area contributed by atoms with E-state index in [0.717, 1.165) is 54.3 Å². The number of aryl methyl sites for hydroxylation is 1. The Morgan fingerprint density at radius 1 is 1.10 bits per heavy atom. The number of allylic oxidation sites excluding steroid dienone is 1. The summed E-state index contributed by atoms with van der Waals surface area (Å²) in [7, 11) is 3.35. The van der Waals surface area contributed by atoms with Gasteiger partial charge in [0.1, 0.15) is 23.5 Å². The summed E-state index contributed by atoms with van der Waals surface area (Å²) in [5.41, 5.74) is 5.52. The second-order valence-corrected chi connectivity index (χ2v) is 7.73. The van der Waals surface area contributed by atoms with Crippen LogP contribution in [0, 0.1) is 0 Å². The van der Waals surface area contributed by atoms with Crippen LogP contribution in [0.4, 0.5) is 17.1 Å². The summed E-state index contributed by atoms with van der Waals surface area (Å²) in [6.45, 7) is 0. The second kappa shape index (κ2) is 7.78. The van der Waals surface area contributed by atoms with Gasteiger partial charge in [-0.25, -0.2) is 19.9 Å². The van der Waals surface area contributed by atoms with E-state index >= 15 is 0 Å². The fraction of sp³-hybridized carbons (Fsp3) is 0.333. The summed E-state index contributed by atoms with van der Waals surface area (Å²) in [4.78, 5) is 30.1. The van der Waals surface area contributed by atoms with Gasteiger partial charge in [-0.3, -0.25) is 9.48 Å². The fourth-order valence-corrected chi connectivity index (χ4v) is 3.41. The highest BCUT2D eigenvalue weighted by molar-refractivity contribution is 6.00. The van der Waals surface area contributed by atoms with Crippen LogP contribution in [0.2, 0.25) is 0 Å². The third-order valence-corrected chi connectivity index (χ3v) is 5.32. The molecule has 1 amide bonds. The highest BCUT2D eigenvalue weighted by Gasteiger charge is 2.30. The molecule has 0 aliphatic heterocycles. The number of carbonyl (C=O) groups is 1. The Bertz CT molecular complexity index is 1160. The largest absolute Gasteiger partial charge is 0.354 e. The van der Waals surface area contributed by atoms with Gasteiger partial charge < -0.3 is 16.0 Å². The quantitative estimate of drug-likeness (QED) is 0.536. The SMILES string of the molecule is CNC(=O)c1c(NC(=C2CC2)c2nc(C3CC3)ncc2Nc2cncnc2)cnn1C. The number of nitrogens with zero attached hydrogens (tertiary/aromatic N) is 6. The Kier molecular flexibility index (Phi) is 4.81. The molecule has 0 spiro atoms. The summed E-state index contributed by atoms with van der Waals surface area (Å²) in [5.74, 6) is 1.06. The lowest BCUT2D eigenvalue weighted by Crippen LogP contribution is -2.22. The lowest BCUT2D eigenvalue weighted by molar-refractivity contribution is 0.0954. The lowest BCUT2D eigenvalue weighted by atomic mass is 10.2. The van der Waals surface area contributed by atoms with Crippen molar-refractivity contribution in [3.8, 4) is 0 Å². The van der Waals surface area contributed by atoms with Crippen molar-refractivity contribution in [3.63, 3.8) is 0 Å². The Hall–Kier alpha value is -3.82. The summed E-state index contributed by atoms with van der Waals surface area (Å²) >= 11 is 0. The molecule has 10 nitrogen and oxygen atoms in total. The molecule has 3 aromatic rings. The zero-order chi connectivity index (χ0) is 21.4. The van der Waals surface area contributed by atoms with Crippen LogP contribution in [0.5, 0.6) is 0 Å². The molecule has 0 radical (unpaired) electrons. The molecule has 10 heteroatoms. The molecule has 3 aromatic heterocycles. The molecule has 2 saturated carbocycles. The summed E-state index contributed by atoms with van der Waals surface area (Å²) in [5, 5.41) is 13.7. The van der Waals surface area contributed by atoms with Crippen LogP contribution in [0.3, 0.4) is 0 Å². The number of hydrogen-bond donors (Lipinski definition) is 3. The minimum atomic E-state index is -0.205. The average Bonchev–Trinajstić information content (AvgIpc) is 3.71. The van der Waals surface area contributed by atoms with Gasteiger partial charge in [0.15, 0.2) is 0 Å². The third-order valence-electron chi connectivity index (χ3n) is 5.32. The first kappa shape index (κ1) is 19.2. The molecule has 2 aliphatic rings. The minimum absolute atomic E-state index is 0.205. The van der Waals surface area contributed by atoms with Gasteiger partial charge in [0.2, 0.25) is 0 Å². The summed E-state index contributed by atoms with van der Waals surface area (Å²) in [6, 6.07) is 0. The standard InChI is InChI=1S/C21H23N9O/c1-22-21(31)19-16(10-26-30(19)2)28-17(12-3-4-12)18-15(27-14-7-23-11-24-8-14)9-25-20(29-18)13-5-6-13/h7-11,13,27-28H,3-6H2,1-2H3,(H,22,31). The van der Waals surface area contributed by atoms with E-state index in [1.807, 2.05) is 6.20 Å². The van der Waals surface area contributed by atoms with Crippen LogP contribution in [0.25, 0.3) is 5.70 Å². The normalized spacial score (nSPS) is 14.8. The molecule has 5 rings (SSSR count). The van der Waals surface area contributed by atoms with Crippen molar-refractivity contribution in [1.29, 1.82) is 0 Å². The number of anilines is 3. The zero-order valence-corrected chi connectivity index (χ0v) is 17.4. The molecule has 0 aromatic carbocycles. The fourth-order valence-electron chi connectivity index (χ4n) is 3.41. The Morgan fingerprint density at radius 2 is 1.87 bits per heavy atom. The van der Waals surface area contributed by atoms with Gasteiger partial charge in [-0.2, -0.15) is 5.10 Å². The maximum absolute atomic E-state index is 12.4. The second-order valence-electron chi connectivity index (χ2n) is 7.73. The Balaban J connectivity index is 1.56. The van der Waals surface area contributed by atoms with Crippen molar-refractivity contribution in [2.24, 2.45) is 7.05 Å². The van der Waals surface area contributed by atoms with Crippen molar-refractivity contribution < 1.29 is 4.79 Å². The lowest BCUT2D eigenvalue weighted by Gasteiger charge is -2.16. The first-order valence-electron chi connectivity index (χ1n) is 10.3. The molecule has 0 bridgehead atoms. The number of amides is 1. The van der Waals surface area contributed by atoms with Gasteiger partial charge in [-0.05, 0) is 31.3 Å². The highest BCUT2D eigenvalue weighted by Crippen LogP contribution is 2.42. The highest BCUT2D eigenvalue weighted by atomic mass is 16.1. The van der Waals surface area contributed by atoms with Gasteiger partial charge in [0, 0.05) is 20.0 Å². The molecule has 3 heterocycles. The van der Waals surface area contributed by atoms with Gasteiger partial charge in [-0.1, -0.05) is 0 Å². The van der Waals surface area contributed by atoms with Crippen molar-refractivity contribution in [2.75, 3.05) is 17.7 Å². The van der Waals surface area contributed by atoms with Crippen LogP contribution in [0.1, 0.15) is 53.6 Å². The maximum Gasteiger partial charge on any atom is 0.271 e. The number of nitrogens with one attached hydrogen (secondary N) is 3. The van der Waals surface area contributed by atoms with Crippen LogP contribution in [0.15, 0.2) is 36.7 Å². The number of rotatable bonds is 7. The van der Waals surface area contributed by atoms with Crippen molar-refractivity contribution in [2.45, 2.75) is 31.6 Å². The van der Waals surface area contributed by atoms with Gasteiger partial charge in [0.25, 0.3) is 5.91 Å². The Morgan fingerprint density at radius 3 is 2.55 bits per heavy atom. The topological polar surface area (TPSA) is 123 Å². The van der Waals surface area contributed by atoms with E-state index in [1.54, 1.807) is 37.4 Å². The predicted octanol–water partition coefficient (Wildman–Crippen LogP) is 2.60. The maximum atomic E-state index is 12.4. The predicted molar refractivity (Wildman–Crippen MR) is 116 cm³/mol. The van der Waals surface area contributed by atoms with Crippen LogP contribution in [-0.2, 0) is 7.05 Å². The van der Waals surface area contributed by atoms with E-state index < -0.39 is 0 Å². The van der Waals surface area contributed by atoms with E-state index in [2.05, 4.69) is 36.0 Å². The van der Waals surface area contributed by atoms with E-state index in [-0.39, 0.29) is 5.91 Å². The molecule has 158 valence electrons. The summed E-state index contributed by atoms with van der Waals surface area (Å²) < 4.78 is 1.56. The molecular weight excluding hydrogens is 394 g/mol. The molecule has 31 heavy (non-hydrogen) atoms. The van der Waals surface area contributed by atoms with E-state index in [9.17, 15) is 4.79 Å². The first-order valence-corrected chi connectivity index (χ1v) is 10.3. The number of aromatic nitrogens is 6. The summed E-state index contributed by atoms with van der Waals surface area (Å²) in [6.07, 6.45) is 12.6. The van der Waals surface area contributed by atoms with Crippen molar-refractivity contribution in [3.05, 3.63) is 53.9 Å². The van der Waals surface area contributed by atoms with E-state index in [1.165, 1.54) is 11.9 Å². The minimum Gasteiger partial charge on any atom is -0.354 e. The molecule has 2 fully saturated rings. The monoisotopic (exact) mass is 417 g/mol. The molecule has 3 N–H and O–H groups in total. The number of carbonyl (C=O) groups excluding carboxylic acids is 1. The van der Waals surface area contributed by atoms with E-state index in [0.29, 0.717) is 17.3 Å². The van der Waals surface area contributed by atoms with Crippen LogP contribution >= 0.6 is 0 Å². The van der Waals surface area contributed by atoms with Gasteiger partial charge in [0.05, 0.1) is 47.5 Å². The molecule has 0 saturated heterocycles.